The van der Waals surface area contributed by atoms with Crippen LogP contribution in [0.1, 0.15) is 34.0 Å². The first-order valence-electron chi connectivity index (χ1n) is 9.75. The fourth-order valence-electron chi connectivity index (χ4n) is 3.45. The molecule has 30 heavy (non-hydrogen) atoms. The topological polar surface area (TPSA) is 64.1 Å². The second-order valence-electron chi connectivity index (χ2n) is 7.21. The summed E-state index contributed by atoms with van der Waals surface area (Å²) in [5.41, 5.74) is 3.11. The quantitative estimate of drug-likeness (QED) is 0.422. The maximum atomic E-state index is 13.6. The van der Waals surface area contributed by atoms with Crippen molar-refractivity contribution in [1.82, 2.24) is 4.98 Å². The number of para-hydroxylation sites is 1. The molecular weight excluding hydrogens is 394 g/mol. The summed E-state index contributed by atoms with van der Waals surface area (Å²) in [6.45, 7) is 3.93. The third-order valence-electron chi connectivity index (χ3n) is 5.20. The lowest BCUT2D eigenvalue weighted by Gasteiger charge is -2.13. The summed E-state index contributed by atoms with van der Waals surface area (Å²) in [6.07, 6.45) is 2.23. The molecule has 150 valence electrons. The van der Waals surface area contributed by atoms with Crippen LogP contribution in [-0.2, 0) is 16.3 Å². The lowest BCUT2D eigenvalue weighted by atomic mass is 10.0. The smallest absolute Gasteiger partial charge is 0.208 e. The van der Waals surface area contributed by atoms with Gasteiger partial charge in [-0.15, -0.1) is 0 Å². The van der Waals surface area contributed by atoms with Gasteiger partial charge in [0.2, 0.25) is 9.84 Å². The minimum Gasteiger partial charge on any atom is -0.289 e. The molecular formula is C25H21NO3S. The van der Waals surface area contributed by atoms with Crippen molar-refractivity contribution in [3.05, 3.63) is 101 Å². The third-order valence-corrected chi connectivity index (χ3v) is 7.07. The van der Waals surface area contributed by atoms with Crippen LogP contribution < -0.4 is 0 Å². The highest BCUT2D eigenvalue weighted by molar-refractivity contribution is 7.91. The van der Waals surface area contributed by atoms with E-state index in [4.69, 9.17) is 0 Å². The van der Waals surface area contributed by atoms with E-state index in [1.165, 1.54) is 6.20 Å². The van der Waals surface area contributed by atoms with Crippen molar-refractivity contribution in [2.75, 3.05) is 0 Å². The molecule has 4 aromatic rings. The molecule has 0 saturated carbocycles. The number of aromatic nitrogens is 1. The van der Waals surface area contributed by atoms with Crippen molar-refractivity contribution in [2.24, 2.45) is 0 Å². The van der Waals surface area contributed by atoms with E-state index in [-0.39, 0.29) is 21.1 Å². The predicted molar refractivity (Wildman–Crippen MR) is 118 cm³/mol. The summed E-state index contributed by atoms with van der Waals surface area (Å²) in [5, 5.41) is 0.439. The van der Waals surface area contributed by atoms with Gasteiger partial charge in [-0.1, -0.05) is 67.1 Å². The number of fused-ring (bicyclic) bond motifs is 1. The van der Waals surface area contributed by atoms with E-state index in [1.807, 2.05) is 26.0 Å². The maximum Gasteiger partial charge on any atom is 0.208 e. The van der Waals surface area contributed by atoms with Crippen LogP contribution in [0.5, 0.6) is 0 Å². The molecule has 1 aromatic heterocycles. The molecule has 0 radical (unpaired) electrons. The Hall–Kier alpha value is -3.31. The Morgan fingerprint density at radius 1 is 0.900 bits per heavy atom. The molecule has 5 heteroatoms. The fraction of sp³-hybridized carbons (Fsp3) is 0.120. The molecule has 4 rings (SSSR count). The van der Waals surface area contributed by atoms with Crippen LogP contribution in [0.4, 0.5) is 0 Å². The SMILES string of the molecule is CCc1ccc(C(=O)c2cnc3ccccc3c2S(=O)(=O)c2ccc(C)cc2)cc1. The highest BCUT2D eigenvalue weighted by Gasteiger charge is 2.28. The fourth-order valence-corrected chi connectivity index (χ4v) is 5.08. The van der Waals surface area contributed by atoms with Gasteiger partial charge in [0.05, 0.1) is 20.9 Å². The number of carbonyl (C=O) groups excluding carboxylic acids is 1. The molecule has 0 atom stereocenters. The highest BCUT2D eigenvalue weighted by Crippen LogP contribution is 2.32. The zero-order valence-corrected chi connectivity index (χ0v) is 17.6. The molecule has 3 aromatic carbocycles. The normalized spacial score (nSPS) is 11.5. The molecule has 0 unspecified atom stereocenters. The molecule has 0 bridgehead atoms. The minimum atomic E-state index is -3.94. The molecule has 0 aliphatic rings. The van der Waals surface area contributed by atoms with Gasteiger partial charge in [0.25, 0.3) is 0 Å². The number of ketones is 1. The molecule has 4 nitrogen and oxygen atoms in total. The standard InChI is InChI=1S/C25H21NO3S/c1-3-18-10-12-19(13-11-18)24(27)22-16-26-23-7-5-4-6-21(23)25(22)30(28,29)20-14-8-17(2)9-15-20/h4-16H,3H2,1-2H3. The first-order valence-corrected chi connectivity index (χ1v) is 11.2. The van der Waals surface area contributed by atoms with Crippen LogP contribution in [0.3, 0.4) is 0 Å². The monoisotopic (exact) mass is 415 g/mol. The van der Waals surface area contributed by atoms with Gasteiger partial charge in [0.1, 0.15) is 0 Å². The second-order valence-corrected chi connectivity index (χ2v) is 9.10. The van der Waals surface area contributed by atoms with Gasteiger partial charge in [-0.05, 0) is 37.1 Å². The van der Waals surface area contributed by atoms with Crippen LogP contribution in [-0.4, -0.2) is 19.2 Å². The number of carbonyl (C=O) groups is 1. The zero-order valence-electron chi connectivity index (χ0n) is 16.8. The molecule has 0 spiro atoms. The van der Waals surface area contributed by atoms with Gasteiger partial charge in [0, 0.05) is 17.1 Å². The van der Waals surface area contributed by atoms with E-state index < -0.39 is 9.84 Å². The van der Waals surface area contributed by atoms with Gasteiger partial charge in [-0.3, -0.25) is 9.78 Å². The van der Waals surface area contributed by atoms with E-state index in [1.54, 1.807) is 60.7 Å². The number of benzene rings is 3. The summed E-state index contributed by atoms with van der Waals surface area (Å²) in [4.78, 5) is 17.9. The largest absolute Gasteiger partial charge is 0.289 e. The molecule has 0 amide bonds. The lowest BCUT2D eigenvalue weighted by Crippen LogP contribution is -2.12. The molecule has 0 saturated heterocycles. The number of rotatable bonds is 5. The molecule has 0 aliphatic carbocycles. The summed E-state index contributed by atoms with van der Waals surface area (Å²) in [7, 11) is -3.94. The van der Waals surface area contributed by atoms with Crippen molar-refractivity contribution in [1.29, 1.82) is 0 Å². The van der Waals surface area contributed by atoms with Crippen LogP contribution >= 0.6 is 0 Å². The Bertz CT molecular complexity index is 1340. The van der Waals surface area contributed by atoms with E-state index >= 15 is 0 Å². The van der Waals surface area contributed by atoms with Crippen molar-refractivity contribution in [2.45, 2.75) is 30.1 Å². The van der Waals surface area contributed by atoms with Gasteiger partial charge < -0.3 is 0 Å². The summed E-state index contributed by atoms with van der Waals surface area (Å²) < 4.78 is 27.3. The van der Waals surface area contributed by atoms with Gasteiger partial charge in [0.15, 0.2) is 5.78 Å². The lowest BCUT2D eigenvalue weighted by molar-refractivity contribution is 0.103. The average Bonchev–Trinajstić information content (AvgIpc) is 2.78. The van der Waals surface area contributed by atoms with Crippen LogP contribution in [0, 0.1) is 6.92 Å². The predicted octanol–water partition coefficient (Wildman–Crippen LogP) is 5.17. The van der Waals surface area contributed by atoms with Crippen LogP contribution in [0.25, 0.3) is 10.9 Å². The Morgan fingerprint density at radius 2 is 1.57 bits per heavy atom. The summed E-state index contributed by atoms with van der Waals surface area (Å²) in [6, 6.07) is 20.9. The summed E-state index contributed by atoms with van der Waals surface area (Å²) in [5.74, 6) is -0.360. The number of sulfone groups is 1. The van der Waals surface area contributed by atoms with Crippen molar-refractivity contribution < 1.29 is 13.2 Å². The van der Waals surface area contributed by atoms with Crippen molar-refractivity contribution in [3.63, 3.8) is 0 Å². The number of nitrogens with zero attached hydrogens (tertiary/aromatic N) is 1. The van der Waals surface area contributed by atoms with E-state index in [0.717, 1.165) is 17.5 Å². The zero-order chi connectivity index (χ0) is 21.3. The van der Waals surface area contributed by atoms with Crippen LogP contribution in [0.2, 0.25) is 0 Å². The van der Waals surface area contributed by atoms with Gasteiger partial charge >= 0.3 is 0 Å². The Morgan fingerprint density at radius 3 is 2.23 bits per heavy atom. The maximum absolute atomic E-state index is 13.6. The molecule has 0 fully saturated rings. The first-order chi connectivity index (χ1) is 14.4. The van der Waals surface area contributed by atoms with E-state index in [9.17, 15) is 13.2 Å². The summed E-state index contributed by atoms with van der Waals surface area (Å²) >= 11 is 0. The van der Waals surface area contributed by atoms with Gasteiger partial charge in [-0.25, -0.2) is 8.42 Å². The second kappa shape index (κ2) is 7.84. The van der Waals surface area contributed by atoms with E-state index in [0.29, 0.717) is 16.5 Å². The minimum absolute atomic E-state index is 0.00141. The average molecular weight is 416 g/mol. The number of aryl methyl sites for hydroxylation is 2. The number of pyridine rings is 1. The first kappa shape index (κ1) is 20.0. The Labute approximate surface area is 176 Å². The number of hydrogen-bond acceptors (Lipinski definition) is 4. The number of hydrogen-bond donors (Lipinski definition) is 0. The Balaban J connectivity index is 1.97. The van der Waals surface area contributed by atoms with Gasteiger partial charge in [-0.2, -0.15) is 0 Å². The van der Waals surface area contributed by atoms with Crippen molar-refractivity contribution in [3.8, 4) is 0 Å². The molecule has 0 aliphatic heterocycles. The highest BCUT2D eigenvalue weighted by atomic mass is 32.2. The van der Waals surface area contributed by atoms with E-state index in [2.05, 4.69) is 4.98 Å². The molecule has 1 heterocycles. The third kappa shape index (κ3) is 3.53. The van der Waals surface area contributed by atoms with Crippen LogP contribution in [0.15, 0.2) is 88.8 Å². The van der Waals surface area contributed by atoms with Crippen molar-refractivity contribution >= 4 is 26.5 Å². The Kier molecular flexibility index (Phi) is 5.22. The molecule has 0 N–H and O–H groups in total.